The number of aromatic nitrogens is 4. The zero-order valence-electron chi connectivity index (χ0n) is 43.3. The molecule has 1 spiro atoms. The van der Waals surface area contributed by atoms with E-state index in [1.165, 1.54) is 19.3 Å². The van der Waals surface area contributed by atoms with Crippen molar-refractivity contribution in [3.8, 4) is 11.3 Å². The molecular formula is C57H73N11O5. The number of pyridine rings is 2. The highest BCUT2D eigenvalue weighted by molar-refractivity contribution is 6.09. The highest BCUT2D eigenvalue weighted by atomic mass is 16.2. The molecule has 12 rings (SSSR count). The van der Waals surface area contributed by atoms with Gasteiger partial charge in [0.15, 0.2) is 5.82 Å². The second kappa shape index (κ2) is 18.8. The van der Waals surface area contributed by atoms with Gasteiger partial charge in [0, 0.05) is 98.6 Å². The van der Waals surface area contributed by atoms with E-state index in [0.29, 0.717) is 89.9 Å². The van der Waals surface area contributed by atoms with E-state index in [0.717, 1.165) is 108 Å². The number of aryl methyl sites for hydroxylation is 1. The maximum absolute atomic E-state index is 15.3. The molecule has 2 N–H and O–H groups in total. The van der Waals surface area contributed by atoms with Gasteiger partial charge >= 0.3 is 0 Å². The zero-order chi connectivity index (χ0) is 50.3. The summed E-state index contributed by atoms with van der Waals surface area (Å²) in [7, 11) is 0. The van der Waals surface area contributed by atoms with Crippen molar-refractivity contribution in [2.24, 2.45) is 11.3 Å². The number of hydrogen-bond acceptors (Lipinski definition) is 11. The molecule has 2 aliphatic carbocycles. The van der Waals surface area contributed by atoms with Gasteiger partial charge in [-0.1, -0.05) is 31.5 Å². The Labute approximate surface area is 429 Å². The molecule has 73 heavy (non-hydrogen) atoms. The van der Waals surface area contributed by atoms with Crippen LogP contribution in [-0.4, -0.2) is 134 Å². The molecule has 5 amide bonds. The van der Waals surface area contributed by atoms with E-state index in [-0.39, 0.29) is 53.5 Å². The summed E-state index contributed by atoms with van der Waals surface area (Å²) in [6.45, 7) is 14.3. The van der Waals surface area contributed by atoms with Gasteiger partial charge in [0.1, 0.15) is 11.3 Å². The van der Waals surface area contributed by atoms with Crippen molar-refractivity contribution in [2.45, 2.75) is 160 Å². The molecular weight excluding hydrogens is 919 g/mol. The van der Waals surface area contributed by atoms with Gasteiger partial charge in [-0.2, -0.15) is 0 Å². The quantitative estimate of drug-likeness (QED) is 0.154. The van der Waals surface area contributed by atoms with E-state index in [2.05, 4.69) is 74.9 Å². The van der Waals surface area contributed by atoms with Crippen LogP contribution in [0, 0.1) is 18.3 Å². The van der Waals surface area contributed by atoms with Crippen molar-refractivity contribution in [3.63, 3.8) is 0 Å². The lowest BCUT2D eigenvalue weighted by Gasteiger charge is -2.48. The zero-order valence-corrected chi connectivity index (χ0v) is 43.3. The van der Waals surface area contributed by atoms with Gasteiger partial charge in [-0.05, 0) is 146 Å². The smallest absolute Gasteiger partial charge is 0.238 e. The van der Waals surface area contributed by atoms with E-state index in [1.807, 2.05) is 29.1 Å². The molecule has 8 aliphatic rings. The van der Waals surface area contributed by atoms with Crippen molar-refractivity contribution in [3.05, 3.63) is 59.5 Å². The summed E-state index contributed by atoms with van der Waals surface area (Å²) in [5, 5.41) is 6.16. The van der Waals surface area contributed by atoms with E-state index in [9.17, 15) is 19.2 Å². The van der Waals surface area contributed by atoms with Crippen LogP contribution in [0.15, 0.2) is 42.9 Å². The molecule has 0 unspecified atom stereocenters. The number of carbonyl (C=O) groups is 5. The number of imide groups is 1. The Morgan fingerprint density at radius 1 is 0.808 bits per heavy atom. The first kappa shape index (κ1) is 48.1. The van der Waals surface area contributed by atoms with Crippen LogP contribution in [-0.2, 0) is 29.4 Å². The third-order valence-electron chi connectivity index (χ3n) is 18.5. The van der Waals surface area contributed by atoms with E-state index in [4.69, 9.17) is 15.0 Å². The van der Waals surface area contributed by atoms with Gasteiger partial charge in [0.2, 0.25) is 29.5 Å². The maximum Gasteiger partial charge on any atom is 0.238 e. The van der Waals surface area contributed by atoms with E-state index in [1.54, 1.807) is 6.20 Å². The van der Waals surface area contributed by atoms with Crippen LogP contribution >= 0.6 is 0 Å². The van der Waals surface area contributed by atoms with Crippen LogP contribution in [0.3, 0.4) is 0 Å². The lowest BCUT2D eigenvalue weighted by Crippen LogP contribution is -2.59. The Morgan fingerprint density at radius 2 is 1.53 bits per heavy atom. The SMILES string of the molecule is Cc1cc([C@H]2CCC(=O)NC2=O)cnc1N1CCC(C(=O)N2CCC(C)(C(=O)N3CCC4(CC3)C(=O)N(C3CC(N5CCCCC5)C3)c3cc(-c5cc6ncn(C(C)C)c6c(NC6CC6)n5)ccc34)CC2)CC1. The van der Waals surface area contributed by atoms with Gasteiger partial charge in [-0.3, -0.25) is 29.3 Å². The molecule has 16 nitrogen and oxygen atoms in total. The topological polar surface area (TPSA) is 169 Å². The summed E-state index contributed by atoms with van der Waals surface area (Å²) in [4.78, 5) is 94.1. The van der Waals surface area contributed by atoms with Crippen molar-refractivity contribution in [2.75, 3.05) is 67.5 Å². The Morgan fingerprint density at radius 3 is 2.22 bits per heavy atom. The fourth-order valence-electron chi connectivity index (χ4n) is 13.7. The highest BCUT2D eigenvalue weighted by Gasteiger charge is 2.56. The van der Waals surface area contributed by atoms with Gasteiger partial charge in [0.25, 0.3) is 0 Å². The molecule has 2 saturated carbocycles. The largest absolute Gasteiger partial charge is 0.366 e. The van der Waals surface area contributed by atoms with E-state index >= 15 is 4.79 Å². The molecule has 4 aromatic rings. The van der Waals surface area contributed by atoms with Crippen LogP contribution in [0.1, 0.15) is 146 Å². The second-order valence-electron chi connectivity index (χ2n) is 23.6. The summed E-state index contributed by atoms with van der Waals surface area (Å²) in [5.41, 5.74) is 6.44. The first-order valence-electron chi connectivity index (χ1n) is 27.8. The molecule has 1 atom stereocenters. The minimum Gasteiger partial charge on any atom is -0.366 e. The number of piperidine rings is 5. The van der Waals surface area contributed by atoms with Crippen LogP contribution in [0.25, 0.3) is 22.3 Å². The number of rotatable bonds is 10. The number of imidazole rings is 1. The molecule has 3 aromatic heterocycles. The van der Waals surface area contributed by atoms with E-state index < -0.39 is 10.8 Å². The lowest BCUT2D eigenvalue weighted by molar-refractivity contribution is -0.150. The van der Waals surface area contributed by atoms with Crippen molar-refractivity contribution < 1.29 is 24.0 Å². The van der Waals surface area contributed by atoms with Gasteiger partial charge in [0.05, 0.1) is 28.9 Å². The average Bonchev–Trinajstić information content (AvgIpc) is 4.05. The number of nitrogens with one attached hydrogen (secondary N) is 2. The Hall–Kier alpha value is -5.90. The Balaban J connectivity index is 0.707. The first-order chi connectivity index (χ1) is 35.3. The van der Waals surface area contributed by atoms with Gasteiger partial charge in [-0.25, -0.2) is 15.0 Å². The molecule has 386 valence electrons. The number of fused-ring (bicyclic) bond motifs is 3. The minimum absolute atomic E-state index is 0.0768. The lowest BCUT2D eigenvalue weighted by atomic mass is 9.72. The second-order valence-corrected chi connectivity index (χ2v) is 23.6. The monoisotopic (exact) mass is 992 g/mol. The standard InChI is InChI=1S/C57H73N11O5/c1-35(2)67-34-59-46-32-45(61-50(49(46)67)60-40-9-10-40)38-8-12-44-47(29-38)68(42-30-41(31-42)63-20-6-5-7-21-63)55(73)57(44)18-26-66(27-19-57)54(72)56(4)16-24-65(25-17-56)53(71)37-14-22-64(23-15-37)51-36(3)28-39(33-58-51)43-11-13-48(69)62-52(43)70/h8,12,28-29,32-35,37,40-43H,5-7,9-11,13-27,30-31H2,1-4H3,(H,60,61)(H,62,69,70)/t41?,42?,43-/m1/s1. The predicted octanol–water partition coefficient (Wildman–Crippen LogP) is 7.25. The number of anilines is 3. The third-order valence-corrected chi connectivity index (χ3v) is 18.5. The summed E-state index contributed by atoms with van der Waals surface area (Å²) in [5.74, 6) is 1.33. The molecule has 0 radical (unpaired) electrons. The van der Waals surface area contributed by atoms with Crippen LogP contribution in [0.4, 0.5) is 17.3 Å². The van der Waals surface area contributed by atoms with Crippen molar-refractivity contribution in [1.82, 2.24) is 39.5 Å². The number of hydrogen-bond donors (Lipinski definition) is 2. The number of likely N-dealkylation sites (tertiary alicyclic amines) is 3. The van der Waals surface area contributed by atoms with Gasteiger partial charge < -0.3 is 34.4 Å². The predicted molar refractivity (Wildman–Crippen MR) is 280 cm³/mol. The Kier molecular flexibility index (Phi) is 12.4. The molecule has 6 aliphatic heterocycles. The molecule has 7 fully saturated rings. The first-order valence-corrected chi connectivity index (χ1v) is 27.8. The summed E-state index contributed by atoms with van der Waals surface area (Å²) >= 11 is 0. The molecule has 9 heterocycles. The van der Waals surface area contributed by atoms with Gasteiger partial charge in [-0.15, -0.1) is 0 Å². The maximum atomic E-state index is 15.3. The Bertz CT molecular complexity index is 2840. The number of carbonyl (C=O) groups excluding carboxylic acids is 5. The van der Waals surface area contributed by atoms with Crippen LogP contribution in [0.2, 0.25) is 0 Å². The summed E-state index contributed by atoms with van der Waals surface area (Å²) < 4.78 is 2.20. The highest BCUT2D eigenvalue weighted by Crippen LogP contribution is 2.53. The molecule has 1 aromatic carbocycles. The van der Waals surface area contributed by atoms with Crippen LogP contribution in [0.5, 0.6) is 0 Å². The number of nitrogens with zero attached hydrogens (tertiary/aromatic N) is 9. The summed E-state index contributed by atoms with van der Waals surface area (Å²) in [6, 6.07) is 12.0. The average molecular weight is 992 g/mol. The molecule has 5 saturated heterocycles. The van der Waals surface area contributed by atoms with Crippen LogP contribution < -0.4 is 20.4 Å². The fourth-order valence-corrected chi connectivity index (χ4v) is 13.7. The normalized spacial score (nSPS) is 25.6. The molecule has 16 heteroatoms. The van der Waals surface area contributed by atoms with Crippen molar-refractivity contribution in [1.29, 1.82) is 0 Å². The molecule has 0 bridgehead atoms. The number of benzene rings is 1. The summed E-state index contributed by atoms with van der Waals surface area (Å²) in [6.07, 6.45) is 16.4. The van der Waals surface area contributed by atoms with Crippen molar-refractivity contribution >= 4 is 57.9 Å². The minimum atomic E-state index is -0.687. The fraction of sp³-hybridized carbons (Fsp3) is 0.614. The number of amides is 5. The third kappa shape index (κ3) is 8.66.